The van der Waals surface area contributed by atoms with E-state index in [9.17, 15) is 5.11 Å². The van der Waals surface area contributed by atoms with Crippen molar-refractivity contribution < 1.29 is 5.11 Å². The van der Waals surface area contributed by atoms with Crippen molar-refractivity contribution in [3.05, 3.63) is 28.2 Å². The smallest absolute Gasteiger partial charge is 0.208 e. The topological polar surface area (TPSA) is 49.3 Å². The Morgan fingerprint density at radius 1 is 1.37 bits per heavy atom. The Morgan fingerprint density at radius 2 is 2.11 bits per heavy atom. The fraction of sp³-hybridized carbons (Fsp3) is 0.333. The summed E-state index contributed by atoms with van der Waals surface area (Å²) in [6, 6.07) is 5.83. The lowest BCUT2D eigenvalue weighted by atomic mass is 10.1. The zero-order valence-corrected chi connectivity index (χ0v) is 14.0. The van der Waals surface area contributed by atoms with Crippen LogP contribution in [0.1, 0.15) is 18.6 Å². The van der Waals surface area contributed by atoms with E-state index in [-0.39, 0.29) is 0 Å². The minimum atomic E-state index is -0.461. The predicted octanol–water partition coefficient (Wildman–Crippen LogP) is 3.57. The van der Waals surface area contributed by atoms with Gasteiger partial charge < -0.3 is 10.0 Å². The van der Waals surface area contributed by atoms with Crippen molar-refractivity contribution in [3.8, 4) is 0 Å². The van der Waals surface area contributed by atoms with E-state index in [0.717, 1.165) is 24.4 Å². The van der Waals surface area contributed by atoms with E-state index in [1.165, 1.54) is 0 Å². The zero-order valence-electron chi connectivity index (χ0n) is 10.8. The molecule has 19 heavy (non-hydrogen) atoms. The fourth-order valence-electron chi connectivity index (χ4n) is 1.38. The quantitative estimate of drug-likeness (QED) is 0.903. The Labute approximate surface area is 129 Å². The normalized spacial score (nSPS) is 12.5. The molecule has 0 bridgehead atoms. The molecule has 0 saturated carbocycles. The summed E-state index contributed by atoms with van der Waals surface area (Å²) in [7, 11) is 3.89. The summed E-state index contributed by atoms with van der Waals surface area (Å²) in [4.78, 5) is 3.00. The van der Waals surface area contributed by atoms with Crippen LogP contribution in [-0.4, -0.2) is 29.4 Å². The average Bonchev–Trinajstić information content (AvgIpc) is 2.80. The molecule has 2 rings (SSSR count). The van der Waals surface area contributed by atoms with Crippen LogP contribution in [0.15, 0.2) is 31.9 Å². The number of hydrogen-bond acceptors (Lipinski definition) is 6. The molecule has 2 aromatic rings. The zero-order chi connectivity index (χ0) is 14.0. The summed E-state index contributed by atoms with van der Waals surface area (Å²) in [6.45, 7) is 1.75. The molecular formula is C12H14BrN3OS2. The van der Waals surface area contributed by atoms with Crippen LogP contribution < -0.4 is 4.90 Å². The van der Waals surface area contributed by atoms with Gasteiger partial charge in [-0.3, -0.25) is 0 Å². The van der Waals surface area contributed by atoms with Gasteiger partial charge in [-0.25, -0.2) is 0 Å². The van der Waals surface area contributed by atoms with Gasteiger partial charge in [0.1, 0.15) is 0 Å². The molecule has 1 atom stereocenters. The van der Waals surface area contributed by atoms with Gasteiger partial charge in [0.2, 0.25) is 5.13 Å². The first-order valence-corrected chi connectivity index (χ1v) is 8.06. The SMILES string of the molecule is CC(O)c1ccc(Sc2nnc(N(C)C)s2)c(Br)c1. The van der Waals surface area contributed by atoms with E-state index < -0.39 is 6.10 Å². The molecule has 0 amide bonds. The van der Waals surface area contributed by atoms with Gasteiger partial charge in [0, 0.05) is 23.5 Å². The Morgan fingerprint density at radius 3 is 2.63 bits per heavy atom. The first kappa shape index (κ1) is 14.8. The van der Waals surface area contributed by atoms with E-state index in [1.807, 2.05) is 37.2 Å². The molecule has 1 N–H and O–H groups in total. The van der Waals surface area contributed by atoms with Crippen molar-refractivity contribution in [2.75, 3.05) is 19.0 Å². The summed E-state index contributed by atoms with van der Waals surface area (Å²) in [5.74, 6) is 0. The molecule has 4 nitrogen and oxygen atoms in total. The second-order valence-corrected chi connectivity index (χ2v) is 7.31. The van der Waals surface area contributed by atoms with Crippen LogP contribution in [0, 0.1) is 0 Å². The standard InChI is InChI=1S/C12H14BrN3OS2/c1-7(17)8-4-5-10(9(13)6-8)18-12-15-14-11(19-12)16(2)3/h4-7,17H,1-3H3. The number of halogens is 1. The summed E-state index contributed by atoms with van der Waals surface area (Å²) < 4.78 is 1.85. The van der Waals surface area contributed by atoms with Crippen LogP contribution >= 0.6 is 39.0 Å². The highest BCUT2D eigenvalue weighted by molar-refractivity contribution is 9.10. The molecule has 1 aromatic carbocycles. The fourth-order valence-corrected chi connectivity index (χ4v) is 3.74. The van der Waals surface area contributed by atoms with Crippen LogP contribution in [0.3, 0.4) is 0 Å². The lowest BCUT2D eigenvalue weighted by Crippen LogP contribution is -2.07. The molecule has 0 aliphatic heterocycles. The summed E-state index contributed by atoms with van der Waals surface area (Å²) >= 11 is 6.64. The lowest BCUT2D eigenvalue weighted by Gasteiger charge is -2.07. The van der Waals surface area contributed by atoms with Gasteiger partial charge in [0.25, 0.3) is 0 Å². The Bertz CT molecular complexity index is 572. The maximum Gasteiger partial charge on any atom is 0.208 e. The molecule has 0 aliphatic rings. The van der Waals surface area contributed by atoms with Gasteiger partial charge in [-0.2, -0.15) is 0 Å². The summed E-state index contributed by atoms with van der Waals surface area (Å²) in [6.07, 6.45) is -0.461. The van der Waals surface area contributed by atoms with Crippen molar-refractivity contribution in [3.63, 3.8) is 0 Å². The highest BCUT2D eigenvalue weighted by atomic mass is 79.9. The van der Waals surface area contributed by atoms with E-state index in [0.29, 0.717) is 0 Å². The number of aliphatic hydroxyl groups is 1. The molecule has 102 valence electrons. The van der Waals surface area contributed by atoms with Crippen molar-refractivity contribution in [1.29, 1.82) is 0 Å². The number of anilines is 1. The van der Waals surface area contributed by atoms with Gasteiger partial charge in [-0.05, 0) is 40.5 Å². The van der Waals surface area contributed by atoms with Crippen molar-refractivity contribution in [2.24, 2.45) is 0 Å². The van der Waals surface area contributed by atoms with Crippen molar-refractivity contribution in [2.45, 2.75) is 22.3 Å². The minimum Gasteiger partial charge on any atom is -0.389 e. The second kappa shape index (κ2) is 6.21. The number of aromatic nitrogens is 2. The molecule has 0 aliphatic carbocycles. The molecule has 0 spiro atoms. The third-order valence-electron chi connectivity index (χ3n) is 2.41. The predicted molar refractivity (Wildman–Crippen MR) is 83.1 cm³/mol. The maximum atomic E-state index is 9.54. The van der Waals surface area contributed by atoms with Crippen molar-refractivity contribution in [1.82, 2.24) is 10.2 Å². The Kier molecular flexibility index (Phi) is 4.83. The molecule has 0 radical (unpaired) electrons. The molecule has 1 aromatic heterocycles. The first-order valence-electron chi connectivity index (χ1n) is 5.63. The molecular weight excluding hydrogens is 346 g/mol. The molecule has 7 heteroatoms. The van der Waals surface area contributed by atoms with E-state index in [4.69, 9.17) is 0 Å². The molecule has 0 fully saturated rings. The van der Waals surface area contributed by atoms with Gasteiger partial charge >= 0.3 is 0 Å². The van der Waals surface area contributed by atoms with Crippen molar-refractivity contribution >= 4 is 44.2 Å². The van der Waals surface area contributed by atoms with Crippen LogP contribution in [0.4, 0.5) is 5.13 Å². The molecule has 1 unspecified atom stereocenters. The van der Waals surface area contributed by atoms with Gasteiger partial charge in [-0.1, -0.05) is 29.2 Å². The van der Waals surface area contributed by atoms with E-state index in [1.54, 1.807) is 30.0 Å². The van der Waals surface area contributed by atoms with Crippen LogP contribution in [0.2, 0.25) is 0 Å². The summed E-state index contributed by atoms with van der Waals surface area (Å²) in [5, 5.41) is 18.7. The minimum absolute atomic E-state index is 0.461. The number of nitrogens with zero attached hydrogens (tertiary/aromatic N) is 3. The lowest BCUT2D eigenvalue weighted by molar-refractivity contribution is 0.199. The second-order valence-electron chi connectivity index (χ2n) is 4.21. The highest BCUT2D eigenvalue weighted by Crippen LogP contribution is 2.37. The molecule has 1 heterocycles. The van der Waals surface area contributed by atoms with E-state index in [2.05, 4.69) is 26.1 Å². The highest BCUT2D eigenvalue weighted by Gasteiger charge is 2.11. The van der Waals surface area contributed by atoms with Crippen LogP contribution in [-0.2, 0) is 0 Å². The average molecular weight is 360 g/mol. The van der Waals surface area contributed by atoms with Crippen LogP contribution in [0.5, 0.6) is 0 Å². The Hall–Kier alpha value is -0.630. The van der Waals surface area contributed by atoms with Gasteiger partial charge in [-0.15, -0.1) is 10.2 Å². The number of rotatable bonds is 4. The van der Waals surface area contributed by atoms with Crippen LogP contribution in [0.25, 0.3) is 0 Å². The largest absolute Gasteiger partial charge is 0.389 e. The summed E-state index contributed by atoms with van der Waals surface area (Å²) in [5.41, 5.74) is 0.891. The first-order chi connectivity index (χ1) is 8.97. The van der Waals surface area contributed by atoms with Gasteiger partial charge in [0.05, 0.1) is 6.10 Å². The van der Waals surface area contributed by atoms with Gasteiger partial charge in [0.15, 0.2) is 4.34 Å². The molecule has 0 saturated heterocycles. The number of hydrogen-bond donors (Lipinski definition) is 1. The maximum absolute atomic E-state index is 9.54. The third-order valence-corrected chi connectivity index (χ3v) is 5.55. The number of aliphatic hydroxyl groups excluding tert-OH is 1. The third kappa shape index (κ3) is 3.68. The Balaban J connectivity index is 2.18. The van der Waals surface area contributed by atoms with E-state index >= 15 is 0 Å². The number of benzene rings is 1. The monoisotopic (exact) mass is 359 g/mol.